The number of nitrogens with one attached hydrogen (secondary N) is 3. The summed E-state index contributed by atoms with van der Waals surface area (Å²) in [5.41, 5.74) is -0.474. The summed E-state index contributed by atoms with van der Waals surface area (Å²) in [7, 11) is 0. The Morgan fingerprint density at radius 1 is 0.971 bits per heavy atom. The van der Waals surface area contributed by atoms with Crippen LogP contribution in [0.2, 0.25) is 0 Å². The highest BCUT2D eigenvalue weighted by Gasteiger charge is 2.38. The molecule has 0 spiro atoms. The average Bonchev–Trinajstić information content (AvgIpc) is 2.67. The zero-order valence-corrected chi connectivity index (χ0v) is 20.4. The molecular formula is C21H37F3N4O6. The number of carboxylic acid groups (broad SMARTS) is 1. The predicted octanol–water partition coefficient (Wildman–Crippen LogP) is 2.03. The highest BCUT2D eigenvalue weighted by atomic mass is 19.4. The maximum absolute atomic E-state index is 11.8. The number of carbonyl (C=O) groups is 4. The maximum Gasteiger partial charge on any atom is 0.490 e. The van der Waals surface area contributed by atoms with Crippen molar-refractivity contribution in [3.63, 3.8) is 0 Å². The van der Waals surface area contributed by atoms with Gasteiger partial charge in [-0.2, -0.15) is 13.2 Å². The summed E-state index contributed by atoms with van der Waals surface area (Å²) < 4.78 is 37.0. The molecule has 0 bridgehead atoms. The van der Waals surface area contributed by atoms with Crippen molar-refractivity contribution >= 4 is 23.9 Å². The fourth-order valence-electron chi connectivity index (χ4n) is 3.14. The molecule has 2 atom stereocenters. The van der Waals surface area contributed by atoms with Gasteiger partial charge in [0.25, 0.3) is 0 Å². The van der Waals surface area contributed by atoms with Crippen LogP contribution >= 0.6 is 0 Å². The third-order valence-corrected chi connectivity index (χ3v) is 4.43. The van der Waals surface area contributed by atoms with Gasteiger partial charge in [-0.05, 0) is 53.0 Å². The second kappa shape index (κ2) is 14.6. The van der Waals surface area contributed by atoms with E-state index in [4.69, 9.17) is 14.6 Å². The normalized spacial score (nSPS) is 20.4. The van der Waals surface area contributed by atoms with Gasteiger partial charge < -0.3 is 30.7 Å². The van der Waals surface area contributed by atoms with Crippen LogP contribution in [0.4, 0.5) is 18.0 Å². The van der Waals surface area contributed by atoms with Gasteiger partial charge in [0.05, 0.1) is 0 Å². The summed E-state index contributed by atoms with van der Waals surface area (Å²) in [6.07, 6.45) is -1.28. The minimum Gasteiger partial charge on any atom is -0.475 e. The summed E-state index contributed by atoms with van der Waals surface area (Å²) in [5, 5.41) is 16.1. The number of likely N-dealkylation sites (tertiary alicyclic amines) is 1. The van der Waals surface area contributed by atoms with Crippen LogP contribution in [-0.2, 0) is 19.1 Å². The molecule has 34 heavy (non-hydrogen) atoms. The van der Waals surface area contributed by atoms with E-state index < -0.39 is 17.7 Å². The molecule has 2 saturated heterocycles. The largest absolute Gasteiger partial charge is 0.490 e. The number of carboxylic acids is 1. The van der Waals surface area contributed by atoms with Crippen LogP contribution in [0.3, 0.4) is 0 Å². The molecular weight excluding hydrogens is 461 g/mol. The topological polar surface area (TPSA) is 137 Å². The fourth-order valence-corrected chi connectivity index (χ4v) is 3.14. The van der Waals surface area contributed by atoms with Crippen molar-refractivity contribution in [3.8, 4) is 0 Å². The molecule has 0 aromatic heterocycles. The number of alkyl halides is 3. The number of amides is 3. The lowest BCUT2D eigenvalue weighted by Gasteiger charge is -2.34. The Labute approximate surface area is 197 Å². The molecule has 3 amide bonds. The molecule has 2 heterocycles. The van der Waals surface area contributed by atoms with E-state index in [1.807, 2.05) is 20.8 Å². The Bertz CT molecular complexity index is 676. The SMILES string of the molecule is CC(=O)N[C@H]1CCCN(C(=O)OC(C)(C)C)C1.CC(=O)N[C@H]1CCCNC1.O=C(O)C(F)(F)F. The quantitative estimate of drug-likeness (QED) is 0.457. The fraction of sp³-hybridized carbons (Fsp3) is 0.810. The highest BCUT2D eigenvalue weighted by molar-refractivity contribution is 5.74. The smallest absolute Gasteiger partial charge is 0.475 e. The van der Waals surface area contributed by atoms with Gasteiger partial charge >= 0.3 is 18.2 Å². The van der Waals surface area contributed by atoms with Crippen molar-refractivity contribution in [1.29, 1.82) is 0 Å². The summed E-state index contributed by atoms with van der Waals surface area (Å²) in [6.45, 7) is 11.9. The van der Waals surface area contributed by atoms with E-state index >= 15 is 0 Å². The van der Waals surface area contributed by atoms with Crippen LogP contribution in [0.5, 0.6) is 0 Å². The first-order valence-electron chi connectivity index (χ1n) is 11.0. The third-order valence-electron chi connectivity index (χ3n) is 4.43. The van der Waals surface area contributed by atoms with E-state index in [9.17, 15) is 27.6 Å². The lowest BCUT2D eigenvalue weighted by molar-refractivity contribution is -0.192. The molecule has 10 nitrogen and oxygen atoms in total. The van der Waals surface area contributed by atoms with Crippen LogP contribution in [0, 0.1) is 0 Å². The summed E-state index contributed by atoms with van der Waals surface area (Å²) >= 11 is 0. The Kier molecular flexibility index (Phi) is 13.5. The number of ether oxygens (including phenoxy) is 1. The molecule has 13 heteroatoms. The maximum atomic E-state index is 11.8. The Hall–Kier alpha value is -2.57. The van der Waals surface area contributed by atoms with Crippen molar-refractivity contribution in [2.75, 3.05) is 26.2 Å². The van der Waals surface area contributed by atoms with Gasteiger partial charge in [0.15, 0.2) is 0 Å². The molecule has 2 fully saturated rings. The van der Waals surface area contributed by atoms with E-state index in [0.29, 0.717) is 19.1 Å². The molecule has 0 radical (unpaired) electrons. The van der Waals surface area contributed by atoms with Crippen molar-refractivity contribution in [2.45, 2.75) is 84.2 Å². The van der Waals surface area contributed by atoms with Gasteiger partial charge in [0.2, 0.25) is 11.8 Å². The van der Waals surface area contributed by atoms with E-state index in [1.165, 1.54) is 13.3 Å². The molecule has 198 valence electrons. The number of hydrogen-bond acceptors (Lipinski definition) is 6. The predicted molar refractivity (Wildman–Crippen MR) is 118 cm³/mol. The first-order valence-corrected chi connectivity index (χ1v) is 11.0. The first-order chi connectivity index (χ1) is 15.5. The number of nitrogens with zero attached hydrogens (tertiary/aromatic N) is 1. The number of rotatable bonds is 2. The number of hydrogen-bond donors (Lipinski definition) is 4. The lowest BCUT2D eigenvalue weighted by atomic mass is 10.1. The van der Waals surface area contributed by atoms with Crippen molar-refractivity contribution in [1.82, 2.24) is 20.9 Å². The minimum atomic E-state index is -5.08. The van der Waals surface area contributed by atoms with Crippen LogP contribution in [-0.4, -0.2) is 83.9 Å². The van der Waals surface area contributed by atoms with Gasteiger partial charge in [-0.15, -0.1) is 0 Å². The van der Waals surface area contributed by atoms with E-state index in [2.05, 4.69) is 16.0 Å². The zero-order chi connectivity index (χ0) is 26.5. The summed E-state index contributed by atoms with van der Waals surface area (Å²) in [6, 6.07) is 0.417. The second-order valence-corrected chi connectivity index (χ2v) is 9.01. The van der Waals surface area contributed by atoms with Crippen molar-refractivity contribution in [2.24, 2.45) is 0 Å². The molecule has 2 aliphatic rings. The van der Waals surface area contributed by atoms with Crippen LogP contribution < -0.4 is 16.0 Å². The van der Waals surface area contributed by atoms with Crippen LogP contribution in [0.15, 0.2) is 0 Å². The standard InChI is InChI=1S/C12H22N2O3.C7H14N2O.C2HF3O2/c1-9(15)13-10-6-5-7-14(8-10)11(16)17-12(2,3)4;1-6(10)9-7-3-2-4-8-5-7;3-2(4,5)1(6)7/h10H,5-8H2,1-4H3,(H,13,15);7-8H,2-5H2,1H3,(H,9,10);(H,6,7)/t10-;7-;/m00./s1. The molecule has 0 unspecified atom stereocenters. The van der Waals surface area contributed by atoms with Crippen molar-refractivity contribution < 1.29 is 42.2 Å². The van der Waals surface area contributed by atoms with E-state index in [1.54, 1.807) is 11.8 Å². The molecule has 0 aliphatic carbocycles. The molecule has 4 N–H and O–H groups in total. The monoisotopic (exact) mass is 498 g/mol. The first kappa shape index (κ1) is 31.4. The Balaban J connectivity index is 0.000000541. The van der Waals surface area contributed by atoms with Gasteiger partial charge in [0.1, 0.15) is 5.60 Å². The van der Waals surface area contributed by atoms with Crippen LogP contribution in [0.1, 0.15) is 60.3 Å². The minimum absolute atomic E-state index is 0.0498. The summed E-state index contributed by atoms with van der Waals surface area (Å²) in [5.74, 6) is -2.73. The highest BCUT2D eigenvalue weighted by Crippen LogP contribution is 2.15. The van der Waals surface area contributed by atoms with E-state index in [0.717, 1.165) is 32.4 Å². The molecule has 2 aliphatic heterocycles. The molecule has 0 aromatic carbocycles. The van der Waals surface area contributed by atoms with Gasteiger partial charge in [0, 0.05) is 45.6 Å². The van der Waals surface area contributed by atoms with Crippen LogP contribution in [0.25, 0.3) is 0 Å². The Morgan fingerprint density at radius 2 is 1.47 bits per heavy atom. The Morgan fingerprint density at radius 3 is 1.88 bits per heavy atom. The van der Waals surface area contributed by atoms with Gasteiger partial charge in [-0.1, -0.05) is 0 Å². The second-order valence-electron chi connectivity index (χ2n) is 9.01. The third kappa shape index (κ3) is 16.1. The number of piperidine rings is 2. The summed E-state index contributed by atoms with van der Waals surface area (Å²) in [4.78, 5) is 43.9. The number of carbonyl (C=O) groups excluding carboxylic acids is 3. The zero-order valence-electron chi connectivity index (χ0n) is 20.4. The number of halogens is 3. The van der Waals surface area contributed by atoms with Gasteiger partial charge in [-0.3, -0.25) is 9.59 Å². The lowest BCUT2D eigenvalue weighted by Crippen LogP contribution is -2.50. The van der Waals surface area contributed by atoms with E-state index in [-0.39, 0.29) is 23.9 Å². The molecule has 0 saturated carbocycles. The average molecular weight is 499 g/mol. The molecule has 0 aromatic rings. The van der Waals surface area contributed by atoms with Gasteiger partial charge in [-0.25, -0.2) is 9.59 Å². The molecule has 2 rings (SSSR count). The van der Waals surface area contributed by atoms with Crippen molar-refractivity contribution in [3.05, 3.63) is 0 Å². The number of aliphatic carboxylic acids is 1.